The lowest BCUT2D eigenvalue weighted by Crippen LogP contribution is -2.48. The molecule has 3 aliphatic rings. The number of rotatable bonds is 3. The topological polar surface area (TPSA) is 49.8 Å². The molecule has 0 aromatic rings. The lowest BCUT2D eigenvalue weighted by Gasteiger charge is -2.42. The Morgan fingerprint density at radius 1 is 1.29 bits per heavy atom. The van der Waals surface area contributed by atoms with Gasteiger partial charge in [-0.3, -0.25) is 9.69 Å². The van der Waals surface area contributed by atoms with E-state index in [2.05, 4.69) is 18.7 Å². The van der Waals surface area contributed by atoms with Crippen molar-refractivity contribution < 1.29 is 14.6 Å². The van der Waals surface area contributed by atoms with E-state index in [0.29, 0.717) is 6.04 Å². The summed E-state index contributed by atoms with van der Waals surface area (Å²) in [5.74, 6) is -0.414. The molecule has 0 aromatic carbocycles. The quantitative estimate of drug-likeness (QED) is 0.870. The molecule has 21 heavy (non-hydrogen) atoms. The monoisotopic (exact) mass is 295 g/mol. The van der Waals surface area contributed by atoms with Crippen molar-refractivity contribution >= 4 is 5.97 Å². The summed E-state index contributed by atoms with van der Waals surface area (Å²) >= 11 is 0. The first-order valence-corrected chi connectivity index (χ1v) is 8.59. The summed E-state index contributed by atoms with van der Waals surface area (Å²) < 4.78 is 6.12. The molecule has 2 heterocycles. The Kier molecular flexibility index (Phi) is 4.04. The minimum absolute atomic E-state index is 0.120. The first-order valence-electron chi connectivity index (χ1n) is 8.59. The van der Waals surface area contributed by atoms with E-state index in [1.807, 2.05) is 0 Å². The van der Waals surface area contributed by atoms with Crippen LogP contribution in [0.5, 0.6) is 0 Å². The van der Waals surface area contributed by atoms with Crippen molar-refractivity contribution in [2.24, 2.45) is 11.3 Å². The van der Waals surface area contributed by atoms with Crippen molar-refractivity contribution in [1.82, 2.24) is 4.90 Å². The summed E-state index contributed by atoms with van der Waals surface area (Å²) in [6.07, 6.45) is 7.95. The third kappa shape index (κ3) is 2.61. The number of hydrogen-bond acceptors (Lipinski definition) is 3. The summed E-state index contributed by atoms with van der Waals surface area (Å²) in [4.78, 5) is 14.2. The van der Waals surface area contributed by atoms with Crippen molar-refractivity contribution in [3.8, 4) is 0 Å². The fourth-order valence-electron chi connectivity index (χ4n) is 4.75. The number of likely N-dealkylation sites (tertiary alicyclic amines) is 1. The van der Waals surface area contributed by atoms with Gasteiger partial charge in [-0.15, -0.1) is 0 Å². The highest BCUT2D eigenvalue weighted by atomic mass is 16.5. The highest BCUT2D eigenvalue weighted by Crippen LogP contribution is 2.44. The van der Waals surface area contributed by atoms with E-state index in [4.69, 9.17) is 4.74 Å². The Morgan fingerprint density at radius 3 is 2.57 bits per heavy atom. The smallest absolute Gasteiger partial charge is 0.311 e. The van der Waals surface area contributed by atoms with Gasteiger partial charge in [0, 0.05) is 19.2 Å². The molecular weight excluding hydrogens is 266 g/mol. The van der Waals surface area contributed by atoms with E-state index in [-0.39, 0.29) is 11.5 Å². The number of ether oxygens (including phenoxy) is 1. The van der Waals surface area contributed by atoms with E-state index in [1.54, 1.807) is 0 Å². The minimum Gasteiger partial charge on any atom is -0.481 e. The van der Waals surface area contributed by atoms with Crippen LogP contribution in [0.4, 0.5) is 0 Å². The van der Waals surface area contributed by atoms with Gasteiger partial charge in [0.25, 0.3) is 0 Å². The second kappa shape index (κ2) is 5.54. The molecule has 0 bridgehead atoms. The molecule has 2 atom stereocenters. The van der Waals surface area contributed by atoms with E-state index >= 15 is 0 Å². The number of carboxylic acids is 1. The Morgan fingerprint density at radius 2 is 2.00 bits per heavy atom. The summed E-state index contributed by atoms with van der Waals surface area (Å²) in [6, 6.07) is 0.525. The number of nitrogens with zero attached hydrogens (tertiary/aromatic N) is 1. The summed E-state index contributed by atoms with van der Waals surface area (Å²) in [5, 5.41) is 9.70. The van der Waals surface area contributed by atoms with E-state index in [0.717, 1.165) is 39.0 Å². The second-order valence-corrected chi connectivity index (χ2v) is 7.72. The molecule has 4 nitrogen and oxygen atoms in total. The zero-order valence-electron chi connectivity index (χ0n) is 13.4. The van der Waals surface area contributed by atoms with E-state index in [1.165, 1.54) is 25.7 Å². The number of aliphatic carboxylic acids is 1. The van der Waals surface area contributed by atoms with Crippen molar-refractivity contribution in [1.29, 1.82) is 0 Å². The van der Waals surface area contributed by atoms with Gasteiger partial charge in [0.05, 0.1) is 11.0 Å². The van der Waals surface area contributed by atoms with Crippen molar-refractivity contribution in [3.05, 3.63) is 0 Å². The van der Waals surface area contributed by atoms with Gasteiger partial charge in [-0.25, -0.2) is 0 Å². The van der Waals surface area contributed by atoms with Crippen LogP contribution in [0.2, 0.25) is 0 Å². The molecule has 0 aromatic heterocycles. The number of carbonyl (C=O) groups is 1. The van der Waals surface area contributed by atoms with Crippen molar-refractivity contribution in [2.75, 3.05) is 19.7 Å². The molecule has 3 fully saturated rings. The average Bonchev–Trinajstić information content (AvgIpc) is 3.07. The zero-order valence-corrected chi connectivity index (χ0v) is 13.4. The standard InChI is InChI=1S/C17H29NO3/c1-13(2)17(15(19)20)8-9-18(12-17)14-5-10-21-16(11-14)6-3-4-7-16/h13-14H,3-12H2,1-2H3,(H,19,20). The highest BCUT2D eigenvalue weighted by molar-refractivity contribution is 5.75. The van der Waals surface area contributed by atoms with E-state index < -0.39 is 11.4 Å². The average molecular weight is 295 g/mol. The Balaban J connectivity index is 1.69. The summed E-state index contributed by atoms with van der Waals surface area (Å²) in [5.41, 5.74) is -0.420. The predicted octanol–water partition coefficient (Wildman–Crippen LogP) is 2.91. The van der Waals surface area contributed by atoms with Crippen LogP contribution < -0.4 is 0 Å². The molecule has 1 saturated carbocycles. The maximum absolute atomic E-state index is 11.8. The van der Waals surface area contributed by atoms with Gasteiger partial charge in [-0.2, -0.15) is 0 Å². The summed E-state index contributed by atoms with van der Waals surface area (Å²) in [7, 11) is 0. The predicted molar refractivity (Wildman–Crippen MR) is 81.3 cm³/mol. The van der Waals surface area contributed by atoms with Gasteiger partial charge in [0.1, 0.15) is 0 Å². The third-order valence-corrected chi connectivity index (χ3v) is 6.36. The molecule has 4 heteroatoms. The van der Waals surface area contributed by atoms with Crippen molar-refractivity contribution in [2.45, 2.75) is 70.4 Å². The molecule has 2 aliphatic heterocycles. The zero-order chi connectivity index (χ0) is 15.1. The van der Waals surface area contributed by atoms with Crippen LogP contribution in [0.3, 0.4) is 0 Å². The van der Waals surface area contributed by atoms with Crippen LogP contribution in [0.25, 0.3) is 0 Å². The maximum atomic E-state index is 11.8. The van der Waals surface area contributed by atoms with Crippen LogP contribution in [-0.4, -0.2) is 47.3 Å². The molecule has 2 unspecified atom stereocenters. The largest absolute Gasteiger partial charge is 0.481 e. The molecule has 1 spiro atoms. The number of carboxylic acid groups (broad SMARTS) is 1. The van der Waals surface area contributed by atoms with Gasteiger partial charge < -0.3 is 9.84 Å². The van der Waals surface area contributed by atoms with Gasteiger partial charge in [0.15, 0.2) is 0 Å². The van der Waals surface area contributed by atoms with Crippen LogP contribution in [0.1, 0.15) is 58.8 Å². The molecule has 1 N–H and O–H groups in total. The molecule has 120 valence electrons. The number of hydrogen-bond donors (Lipinski definition) is 1. The van der Waals surface area contributed by atoms with Crippen LogP contribution in [0, 0.1) is 11.3 Å². The molecule has 0 amide bonds. The Labute approximate surface area is 127 Å². The van der Waals surface area contributed by atoms with Crippen LogP contribution >= 0.6 is 0 Å². The fraction of sp³-hybridized carbons (Fsp3) is 0.941. The SMILES string of the molecule is CC(C)C1(C(=O)O)CCN(C2CCOC3(CCCC3)C2)C1. The molecule has 2 saturated heterocycles. The molecule has 0 radical (unpaired) electrons. The van der Waals surface area contributed by atoms with Crippen LogP contribution in [0.15, 0.2) is 0 Å². The summed E-state index contributed by atoms with van der Waals surface area (Å²) in [6.45, 7) is 6.62. The van der Waals surface area contributed by atoms with Gasteiger partial charge in [-0.05, 0) is 44.6 Å². The van der Waals surface area contributed by atoms with Gasteiger partial charge in [0.2, 0.25) is 0 Å². The van der Waals surface area contributed by atoms with Crippen LogP contribution in [-0.2, 0) is 9.53 Å². The third-order valence-electron chi connectivity index (χ3n) is 6.36. The van der Waals surface area contributed by atoms with Gasteiger partial charge >= 0.3 is 5.97 Å². The second-order valence-electron chi connectivity index (χ2n) is 7.72. The molecule has 1 aliphatic carbocycles. The highest BCUT2D eigenvalue weighted by Gasteiger charge is 2.50. The fourth-order valence-corrected chi connectivity index (χ4v) is 4.75. The lowest BCUT2D eigenvalue weighted by atomic mass is 9.76. The van der Waals surface area contributed by atoms with E-state index in [9.17, 15) is 9.90 Å². The Hall–Kier alpha value is -0.610. The van der Waals surface area contributed by atoms with Gasteiger partial charge in [-0.1, -0.05) is 26.7 Å². The van der Waals surface area contributed by atoms with Crippen molar-refractivity contribution in [3.63, 3.8) is 0 Å². The lowest BCUT2D eigenvalue weighted by molar-refractivity contribution is -0.151. The Bertz CT molecular complexity index is 403. The first kappa shape index (κ1) is 15.3. The normalized spacial score (nSPS) is 36.6. The first-order chi connectivity index (χ1) is 9.97. The minimum atomic E-state index is -0.609. The maximum Gasteiger partial charge on any atom is 0.311 e. The molecule has 3 rings (SSSR count). The molecular formula is C17H29NO3.